The van der Waals surface area contributed by atoms with Crippen LogP contribution in [0.15, 0.2) is 0 Å². The lowest BCUT2D eigenvalue weighted by atomic mass is 9.71. The van der Waals surface area contributed by atoms with Crippen LogP contribution < -0.4 is 5.32 Å². The lowest BCUT2D eigenvalue weighted by molar-refractivity contribution is 0.138. The minimum absolute atomic E-state index is 0.493. The van der Waals surface area contributed by atoms with Gasteiger partial charge in [-0.3, -0.25) is 0 Å². The quantitative estimate of drug-likeness (QED) is 0.730. The molecule has 15 heavy (non-hydrogen) atoms. The predicted octanol–water partition coefficient (Wildman–Crippen LogP) is 3.74. The maximum atomic E-state index is 3.94. The van der Waals surface area contributed by atoms with Gasteiger partial charge in [0.05, 0.1) is 0 Å². The molecule has 0 spiro atoms. The van der Waals surface area contributed by atoms with Crippen LogP contribution in [0.1, 0.15) is 65.2 Å². The van der Waals surface area contributed by atoms with Crippen molar-refractivity contribution in [1.82, 2.24) is 5.32 Å². The zero-order valence-corrected chi connectivity index (χ0v) is 10.5. The van der Waals surface area contributed by atoms with Gasteiger partial charge in [-0.05, 0) is 44.1 Å². The van der Waals surface area contributed by atoms with Gasteiger partial charge >= 0.3 is 0 Å². The lowest BCUT2D eigenvalue weighted by Gasteiger charge is -2.43. The summed E-state index contributed by atoms with van der Waals surface area (Å²) >= 11 is 0. The summed E-state index contributed by atoms with van der Waals surface area (Å²) in [6.07, 6.45) is 11.6. The smallest absolute Gasteiger partial charge is 0.0232 e. The second-order valence-corrected chi connectivity index (χ2v) is 5.91. The first kappa shape index (κ1) is 11.4. The summed E-state index contributed by atoms with van der Waals surface area (Å²) in [5.41, 5.74) is 0.493. The van der Waals surface area contributed by atoms with E-state index in [0.717, 1.165) is 11.8 Å². The maximum absolute atomic E-state index is 3.94. The molecule has 2 aliphatic rings. The first-order valence-corrected chi connectivity index (χ1v) is 7.01. The molecule has 0 bridgehead atoms. The third-order valence-electron chi connectivity index (χ3n) is 4.84. The van der Waals surface area contributed by atoms with Crippen molar-refractivity contribution in [3.8, 4) is 0 Å². The molecular formula is C14H27N. The van der Waals surface area contributed by atoms with Crippen molar-refractivity contribution in [2.45, 2.75) is 70.8 Å². The highest BCUT2D eigenvalue weighted by atomic mass is 15.0. The van der Waals surface area contributed by atoms with Crippen molar-refractivity contribution in [2.24, 2.45) is 11.8 Å². The Hall–Kier alpha value is -0.0400. The van der Waals surface area contributed by atoms with Crippen LogP contribution in [0.2, 0.25) is 0 Å². The van der Waals surface area contributed by atoms with Gasteiger partial charge in [0.1, 0.15) is 0 Å². The molecule has 2 fully saturated rings. The Morgan fingerprint density at radius 2 is 1.73 bits per heavy atom. The SMILES string of the molecule is CC(C)C1(C2CCCC2)CCCCCN1. The molecule has 1 heteroatoms. The minimum atomic E-state index is 0.493. The largest absolute Gasteiger partial charge is 0.311 e. The molecule has 0 aromatic rings. The van der Waals surface area contributed by atoms with E-state index in [-0.39, 0.29) is 0 Å². The second kappa shape index (κ2) is 4.86. The van der Waals surface area contributed by atoms with Crippen molar-refractivity contribution < 1.29 is 0 Å². The van der Waals surface area contributed by atoms with Crippen molar-refractivity contribution in [2.75, 3.05) is 6.54 Å². The average molecular weight is 209 g/mol. The molecule has 0 amide bonds. The molecular weight excluding hydrogens is 182 g/mol. The summed E-state index contributed by atoms with van der Waals surface area (Å²) in [7, 11) is 0. The van der Waals surface area contributed by atoms with Gasteiger partial charge in [0.15, 0.2) is 0 Å². The van der Waals surface area contributed by atoms with Crippen LogP contribution in [0.5, 0.6) is 0 Å². The van der Waals surface area contributed by atoms with E-state index in [1.165, 1.54) is 57.9 Å². The Bertz CT molecular complexity index is 184. The van der Waals surface area contributed by atoms with E-state index in [1.54, 1.807) is 0 Å². The molecule has 1 atom stereocenters. The molecule has 1 nitrogen and oxygen atoms in total. The Balaban J connectivity index is 2.13. The molecule has 1 saturated heterocycles. The fourth-order valence-corrected chi connectivity index (χ4v) is 3.88. The molecule has 1 unspecified atom stereocenters. The molecule has 1 saturated carbocycles. The zero-order chi connectivity index (χ0) is 10.7. The van der Waals surface area contributed by atoms with Gasteiger partial charge in [0.2, 0.25) is 0 Å². The average Bonchev–Trinajstić information content (AvgIpc) is 2.63. The number of rotatable bonds is 2. The fourth-order valence-electron chi connectivity index (χ4n) is 3.88. The predicted molar refractivity (Wildman–Crippen MR) is 66.0 cm³/mol. The first-order chi connectivity index (χ1) is 7.26. The third-order valence-corrected chi connectivity index (χ3v) is 4.84. The normalized spacial score (nSPS) is 34.6. The van der Waals surface area contributed by atoms with Crippen LogP contribution in [0, 0.1) is 11.8 Å². The van der Waals surface area contributed by atoms with E-state index >= 15 is 0 Å². The summed E-state index contributed by atoms with van der Waals surface area (Å²) in [6.45, 7) is 6.11. The summed E-state index contributed by atoms with van der Waals surface area (Å²) in [4.78, 5) is 0. The Labute approximate surface area is 95.0 Å². The van der Waals surface area contributed by atoms with Gasteiger partial charge in [-0.25, -0.2) is 0 Å². The van der Waals surface area contributed by atoms with E-state index < -0.39 is 0 Å². The zero-order valence-electron chi connectivity index (χ0n) is 10.5. The van der Waals surface area contributed by atoms with Gasteiger partial charge in [-0.2, -0.15) is 0 Å². The van der Waals surface area contributed by atoms with Crippen LogP contribution in [0.3, 0.4) is 0 Å². The van der Waals surface area contributed by atoms with Crippen molar-refractivity contribution >= 4 is 0 Å². The van der Waals surface area contributed by atoms with E-state index in [9.17, 15) is 0 Å². The monoisotopic (exact) mass is 209 g/mol. The Morgan fingerprint density at radius 3 is 2.40 bits per heavy atom. The molecule has 1 aliphatic heterocycles. The van der Waals surface area contributed by atoms with Crippen LogP contribution in [0.4, 0.5) is 0 Å². The van der Waals surface area contributed by atoms with Crippen molar-refractivity contribution in [3.05, 3.63) is 0 Å². The molecule has 1 aliphatic carbocycles. The lowest BCUT2D eigenvalue weighted by Crippen LogP contribution is -2.54. The maximum Gasteiger partial charge on any atom is 0.0232 e. The van der Waals surface area contributed by atoms with Crippen LogP contribution >= 0.6 is 0 Å². The second-order valence-electron chi connectivity index (χ2n) is 5.91. The van der Waals surface area contributed by atoms with Crippen LogP contribution in [-0.4, -0.2) is 12.1 Å². The summed E-state index contributed by atoms with van der Waals surface area (Å²) in [5, 5.41) is 3.94. The van der Waals surface area contributed by atoms with Crippen LogP contribution in [-0.2, 0) is 0 Å². The van der Waals surface area contributed by atoms with Gasteiger partial charge < -0.3 is 5.32 Å². The minimum Gasteiger partial charge on any atom is -0.311 e. The molecule has 0 aromatic heterocycles. The molecule has 88 valence electrons. The van der Waals surface area contributed by atoms with Crippen LogP contribution in [0.25, 0.3) is 0 Å². The van der Waals surface area contributed by atoms with E-state index in [1.807, 2.05) is 0 Å². The third kappa shape index (κ3) is 2.22. The summed E-state index contributed by atoms with van der Waals surface area (Å²) < 4.78 is 0. The van der Waals surface area contributed by atoms with Crippen molar-refractivity contribution in [1.29, 1.82) is 0 Å². The van der Waals surface area contributed by atoms with E-state index in [0.29, 0.717) is 5.54 Å². The van der Waals surface area contributed by atoms with Gasteiger partial charge in [0, 0.05) is 5.54 Å². The highest BCUT2D eigenvalue weighted by Crippen LogP contribution is 2.42. The van der Waals surface area contributed by atoms with Gasteiger partial charge in [-0.15, -0.1) is 0 Å². The first-order valence-electron chi connectivity index (χ1n) is 7.01. The van der Waals surface area contributed by atoms with E-state index in [2.05, 4.69) is 19.2 Å². The number of hydrogen-bond donors (Lipinski definition) is 1. The highest BCUT2D eigenvalue weighted by molar-refractivity contribution is 4.99. The van der Waals surface area contributed by atoms with E-state index in [4.69, 9.17) is 0 Å². The standard InChI is InChI=1S/C14H27N/c1-12(2)14(13-8-4-5-9-13)10-6-3-7-11-15-14/h12-13,15H,3-11H2,1-2H3. The molecule has 0 aromatic carbocycles. The summed E-state index contributed by atoms with van der Waals surface area (Å²) in [6, 6.07) is 0. The molecule has 0 radical (unpaired) electrons. The Kier molecular flexibility index (Phi) is 3.71. The summed E-state index contributed by atoms with van der Waals surface area (Å²) in [5.74, 6) is 1.77. The Morgan fingerprint density at radius 1 is 1.00 bits per heavy atom. The molecule has 1 N–H and O–H groups in total. The van der Waals surface area contributed by atoms with Gasteiger partial charge in [0.25, 0.3) is 0 Å². The highest BCUT2D eigenvalue weighted by Gasteiger charge is 2.42. The number of nitrogens with one attached hydrogen (secondary N) is 1. The van der Waals surface area contributed by atoms with Crippen molar-refractivity contribution in [3.63, 3.8) is 0 Å². The topological polar surface area (TPSA) is 12.0 Å². The van der Waals surface area contributed by atoms with Gasteiger partial charge in [-0.1, -0.05) is 39.5 Å². The fraction of sp³-hybridized carbons (Fsp3) is 1.00. The number of hydrogen-bond acceptors (Lipinski definition) is 1. The molecule has 1 heterocycles. The molecule has 2 rings (SSSR count).